The number of pyridine rings is 1. The van der Waals surface area contributed by atoms with Crippen molar-refractivity contribution < 1.29 is 19.0 Å². The second-order valence-corrected chi connectivity index (χ2v) is 6.51. The number of hydrogen-bond donors (Lipinski definition) is 2. The van der Waals surface area contributed by atoms with E-state index in [4.69, 9.17) is 14.2 Å². The smallest absolute Gasteiger partial charge is 0.252 e. The van der Waals surface area contributed by atoms with Crippen LogP contribution in [0, 0.1) is 0 Å². The standard InChI is InChI=1S/C22H21N3O4/c1-27-19-5-2-15(3-6-19)8-9-24-22(26)16-10-18(13-23-12-16)25-17-4-7-20-21(11-17)29-14-28-20/h2-7,10-13,25H,8-9,14H2,1H3,(H,24,26). The molecular formula is C22H21N3O4. The molecule has 0 radical (unpaired) electrons. The van der Waals surface area contributed by atoms with Crippen molar-refractivity contribution in [2.45, 2.75) is 6.42 Å². The highest BCUT2D eigenvalue weighted by molar-refractivity contribution is 5.94. The maximum Gasteiger partial charge on any atom is 0.252 e. The van der Waals surface area contributed by atoms with Crippen LogP contribution in [0.1, 0.15) is 15.9 Å². The average Bonchev–Trinajstić information content (AvgIpc) is 3.22. The number of benzene rings is 2. The number of nitrogens with zero attached hydrogens (tertiary/aromatic N) is 1. The van der Waals surface area contributed by atoms with E-state index in [9.17, 15) is 4.79 Å². The van der Waals surface area contributed by atoms with Crippen LogP contribution in [-0.4, -0.2) is 31.3 Å². The molecule has 2 heterocycles. The summed E-state index contributed by atoms with van der Waals surface area (Å²) in [5.74, 6) is 2.06. The van der Waals surface area contributed by atoms with E-state index in [1.807, 2.05) is 42.5 Å². The second kappa shape index (κ2) is 8.52. The van der Waals surface area contributed by atoms with Gasteiger partial charge in [-0.25, -0.2) is 0 Å². The maximum absolute atomic E-state index is 12.5. The first-order valence-electron chi connectivity index (χ1n) is 9.24. The molecule has 2 N–H and O–H groups in total. The molecule has 1 aliphatic heterocycles. The van der Waals surface area contributed by atoms with Gasteiger partial charge in [-0.3, -0.25) is 9.78 Å². The molecule has 1 aromatic heterocycles. The molecular weight excluding hydrogens is 370 g/mol. The van der Waals surface area contributed by atoms with Gasteiger partial charge in [0, 0.05) is 24.5 Å². The zero-order chi connectivity index (χ0) is 20.1. The van der Waals surface area contributed by atoms with Crippen molar-refractivity contribution in [3.05, 3.63) is 72.1 Å². The van der Waals surface area contributed by atoms with Gasteiger partial charge in [-0.05, 0) is 42.3 Å². The second-order valence-electron chi connectivity index (χ2n) is 6.51. The lowest BCUT2D eigenvalue weighted by molar-refractivity contribution is 0.0954. The summed E-state index contributed by atoms with van der Waals surface area (Å²) in [6, 6.07) is 15.1. The summed E-state index contributed by atoms with van der Waals surface area (Å²) in [6.07, 6.45) is 3.95. The summed E-state index contributed by atoms with van der Waals surface area (Å²) in [6.45, 7) is 0.761. The fourth-order valence-electron chi connectivity index (χ4n) is 2.99. The molecule has 0 spiro atoms. The Morgan fingerprint density at radius 1 is 1.03 bits per heavy atom. The number of anilines is 2. The number of ether oxygens (including phenoxy) is 3. The molecule has 1 amide bonds. The Kier molecular flexibility index (Phi) is 5.47. The molecule has 0 fully saturated rings. The van der Waals surface area contributed by atoms with Gasteiger partial charge in [0.1, 0.15) is 5.75 Å². The molecule has 7 nitrogen and oxygen atoms in total. The summed E-state index contributed by atoms with van der Waals surface area (Å²) in [5, 5.41) is 6.16. The molecule has 1 aliphatic rings. The van der Waals surface area contributed by atoms with Crippen LogP contribution in [-0.2, 0) is 6.42 Å². The summed E-state index contributed by atoms with van der Waals surface area (Å²) < 4.78 is 15.8. The highest BCUT2D eigenvalue weighted by atomic mass is 16.7. The van der Waals surface area contributed by atoms with Crippen LogP contribution in [0.4, 0.5) is 11.4 Å². The minimum atomic E-state index is -0.166. The van der Waals surface area contributed by atoms with Gasteiger partial charge >= 0.3 is 0 Å². The fraction of sp³-hybridized carbons (Fsp3) is 0.182. The van der Waals surface area contributed by atoms with E-state index in [1.54, 1.807) is 25.6 Å². The Bertz CT molecular complexity index is 1010. The van der Waals surface area contributed by atoms with Gasteiger partial charge in [0.05, 0.1) is 24.6 Å². The summed E-state index contributed by atoms with van der Waals surface area (Å²) in [4.78, 5) is 16.6. The molecule has 29 heavy (non-hydrogen) atoms. The van der Waals surface area contributed by atoms with Gasteiger partial charge in [0.15, 0.2) is 11.5 Å². The largest absolute Gasteiger partial charge is 0.497 e. The topological polar surface area (TPSA) is 81.7 Å². The third-order valence-corrected chi connectivity index (χ3v) is 4.52. The molecule has 0 unspecified atom stereocenters. The first-order valence-corrected chi connectivity index (χ1v) is 9.24. The average molecular weight is 391 g/mol. The van der Waals surface area contributed by atoms with E-state index >= 15 is 0 Å². The first kappa shape index (κ1) is 18.6. The van der Waals surface area contributed by atoms with Crippen molar-refractivity contribution in [1.82, 2.24) is 10.3 Å². The number of amides is 1. The van der Waals surface area contributed by atoms with Crippen molar-refractivity contribution in [2.24, 2.45) is 0 Å². The lowest BCUT2D eigenvalue weighted by Gasteiger charge is -2.09. The summed E-state index contributed by atoms with van der Waals surface area (Å²) in [5.41, 5.74) is 3.16. The molecule has 0 saturated carbocycles. The predicted octanol–water partition coefficient (Wildman–Crippen LogP) is 3.54. The van der Waals surface area contributed by atoms with Crippen molar-refractivity contribution in [3.63, 3.8) is 0 Å². The van der Waals surface area contributed by atoms with E-state index in [-0.39, 0.29) is 12.7 Å². The Hall–Kier alpha value is -3.74. The Balaban J connectivity index is 1.34. The van der Waals surface area contributed by atoms with Crippen LogP contribution in [0.25, 0.3) is 0 Å². The lowest BCUT2D eigenvalue weighted by atomic mass is 10.1. The predicted molar refractivity (Wildman–Crippen MR) is 109 cm³/mol. The molecule has 0 atom stereocenters. The minimum Gasteiger partial charge on any atom is -0.497 e. The zero-order valence-corrected chi connectivity index (χ0v) is 16.0. The van der Waals surface area contributed by atoms with E-state index in [1.165, 1.54) is 0 Å². The van der Waals surface area contributed by atoms with Crippen molar-refractivity contribution in [1.29, 1.82) is 0 Å². The highest BCUT2D eigenvalue weighted by Gasteiger charge is 2.13. The molecule has 0 aliphatic carbocycles. The maximum atomic E-state index is 12.5. The van der Waals surface area contributed by atoms with Gasteiger partial charge in [-0.15, -0.1) is 0 Å². The quantitative estimate of drug-likeness (QED) is 0.641. The van der Waals surface area contributed by atoms with Crippen molar-refractivity contribution >= 4 is 17.3 Å². The van der Waals surface area contributed by atoms with Gasteiger partial charge in [0.2, 0.25) is 6.79 Å². The Morgan fingerprint density at radius 2 is 1.86 bits per heavy atom. The Labute approximate surface area is 168 Å². The molecule has 0 bridgehead atoms. The van der Waals surface area contributed by atoms with Gasteiger partial charge in [0.25, 0.3) is 5.91 Å². The van der Waals surface area contributed by atoms with Gasteiger partial charge in [-0.2, -0.15) is 0 Å². The lowest BCUT2D eigenvalue weighted by Crippen LogP contribution is -2.25. The van der Waals surface area contributed by atoms with Crippen LogP contribution < -0.4 is 24.8 Å². The summed E-state index contributed by atoms with van der Waals surface area (Å²) in [7, 11) is 1.64. The number of carbonyl (C=O) groups is 1. The molecule has 7 heteroatoms. The molecule has 4 rings (SSSR count). The Morgan fingerprint density at radius 3 is 2.69 bits per heavy atom. The highest BCUT2D eigenvalue weighted by Crippen LogP contribution is 2.35. The SMILES string of the molecule is COc1ccc(CCNC(=O)c2cncc(Nc3ccc4c(c3)OCO4)c2)cc1. The van der Waals surface area contributed by atoms with E-state index in [2.05, 4.69) is 15.6 Å². The third-order valence-electron chi connectivity index (χ3n) is 4.52. The van der Waals surface area contributed by atoms with Crippen LogP contribution in [0.2, 0.25) is 0 Å². The van der Waals surface area contributed by atoms with Crippen molar-refractivity contribution in [2.75, 3.05) is 25.8 Å². The van der Waals surface area contributed by atoms with Crippen LogP contribution >= 0.6 is 0 Å². The van der Waals surface area contributed by atoms with E-state index in [0.29, 0.717) is 23.5 Å². The number of hydrogen-bond acceptors (Lipinski definition) is 6. The monoisotopic (exact) mass is 391 g/mol. The molecule has 2 aromatic carbocycles. The molecule has 0 saturated heterocycles. The number of carbonyl (C=O) groups excluding carboxylic acids is 1. The van der Waals surface area contributed by atoms with Crippen LogP contribution in [0.5, 0.6) is 17.2 Å². The minimum absolute atomic E-state index is 0.166. The zero-order valence-electron chi connectivity index (χ0n) is 16.0. The number of methoxy groups -OCH3 is 1. The van der Waals surface area contributed by atoms with Gasteiger partial charge < -0.3 is 24.8 Å². The van der Waals surface area contributed by atoms with Gasteiger partial charge in [-0.1, -0.05) is 12.1 Å². The number of nitrogens with one attached hydrogen (secondary N) is 2. The molecule has 3 aromatic rings. The number of fused-ring (bicyclic) bond motifs is 1. The van der Waals surface area contributed by atoms with Crippen LogP contribution in [0.15, 0.2) is 60.9 Å². The van der Waals surface area contributed by atoms with Crippen molar-refractivity contribution in [3.8, 4) is 17.2 Å². The third kappa shape index (κ3) is 4.57. The normalized spacial score (nSPS) is 11.8. The molecule has 148 valence electrons. The number of rotatable bonds is 7. The van der Waals surface area contributed by atoms with E-state index < -0.39 is 0 Å². The fourth-order valence-corrected chi connectivity index (χ4v) is 2.99. The van der Waals surface area contributed by atoms with Crippen LogP contribution in [0.3, 0.4) is 0 Å². The van der Waals surface area contributed by atoms with E-state index in [0.717, 1.165) is 29.2 Å². The number of aromatic nitrogens is 1. The summed E-state index contributed by atoms with van der Waals surface area (Å²) >= 11 is 0. The first-order chi connectivity index (χ1) is 14.2.